The topological polar surface area (TPSA) is 69.0 Å². The Kier molecular flexibility index (Phi) is 5.30. The van der Waals surface area contributed by atoms with Gasteiger partial charge in [-0.1, -0.05) is 41.5 Å². The molecule has 0 aliphatic heterocycles. The van der Waals surface area contributed by atoms with Crippen molar-refractivity contribution in [2.45, 2.75) is 13.8 Å². The van der Waals surface area contributed by atoms with Crippen LogP contribution in [0.2, 0.25) is 0 Å². The number of hydrogen-bond acceptors (Lipinski definition) is 4. The number of carbonyl (C=O) groups excluding carboxylic acids is 1. The van der Waals surface area contributed by atoms with Crippen molar-refractivity contribution in [3.63, 3.8) is 0 Å². The standard InChI is InChI=1S/C24H22N4O2/c1-16-7-11-20(12-8-16)28-23(18-6-4-5-17(2)15-18)26-22(27-28)24(29)25-19-9-13-21(30-3)14-10-19/h4-15H,1-3H3,(H,25,29). The third-order valence-electron chi connectivity index (χ3n) is 4.71. The van der Waals surface area contributed by atoms with Crippen LogP contribution in [0, 0.1) is 13.8 Å². The molecule has 0 radical (unpaired) electrons. The van der Waals surface area contributed by atoms with Crippen LogP contribution in [0.15, 0.2) is 72.8 Å². The highest BCUT2D eigenvalue weighted by molar-refractivity contribution is 6.01. The van der Waals surface area contributed by atoms with Gasteiger partial charge in [0.15, 0.2) is 5.82 Å². The van der Waals surface area contributed by atoms with Crippen LogP contribution >= 0.6 is 0 Å². The fourth-order valence-electron chi connectivity index (χ4n) is 3.11. The van der Waals surface area contributed by atoms with Gasteiger partial charge in [-0.05, 0) is 56.3 Å². The molecule has 0 aliphatic rings. The first-order valence-corrected chi connectivity index (χ1v) is 9.60. The molecular weight excluding hydrogens is 376 g/mol. The Bertz CT molecular complexity index is 1180. The van der Waals surface area contributed by atoms with Crippen LogP contribution in [0.1, 0.15) is 21.7 Å². The highest BCUT2D eigenvalue weighted by atomic mass is 16.5. The van der Waals surface area contributed by atoms with E-state index in [1.807, 2.05) is 62.4 Å². The average molecular weight is 398 g/mol. The van der Waals surface area contributed by atoms with Crippen LogP contribution in [0.4, 0.5) is 5.69 Å². The number of nitrogens with zero attached hydrogens (tertiary/aromatic N) is 3. The maximum atomic E-state index is 12.8. The minimum absolute atomic E-state index is 0.0999. The summed E-state index contributed by atoms with van der Waals surface area (Å²) in [5.74, 6) is 1.06. The Balaban J connectivity index is 1.72. The molecule has 3 aromatic carbocycles. The van der Waals surface area contributed by atoms with Crippen LogP contribution in [0.25, 0.3) is 17.1 Å². The predicted molar refractivity (Wildman–Crippen MR) is 117 cm³/mol. The van der Waals surface area contributed by atoms with Crippen molar-refractivity contribution < 1.29 is 9.53 Å². The van der Waals surface area contributed by atoms with E-state index in [1.54, 1.807) is 36.1 Å². The summed E-state index contributed by atoms with van der Waals surface area (Å²) < 4.78 is 6.86. The zero-order valence-corrected chi connectivity index (χ0v) is 17.1. The van der Waals surface area contributed by atoms with Crippen molar-refractivity contribution in [2.75, 3.05) is 12.4 Å². The molecule has 0 atom stereocenters. The van der Waals surface area contributed by atoms with Crippen LogP contribution in [0.5, 0.6) is 5.75 Å². The second kappa shape index (κ2) is 8.21. The number of anilines is 1. The smallest absolute Gasteiger partial charge is 0.295 e. The van der Waals surface area contributed by atoms with Gasteiger partial charge in [0, 0.05) is 11.3 Å². The minimum atomic E-state index is -0.375. The van der Waals surface area contributed by atoms with Gasteiger partial charge in [0.05, 0.1) is 12.8 Å². The third-order valence-corrected chi connectivity index (χ3v) is 4.71. The van der Waals surface area contributed by atoms with Gasteiger partial charge < -0.3 is 10.1 Å². The van der Waals surface area contributed by atoms with E-state index in [-0.39, 0.29) is 11.7 Å². The van der Waals surface area contributed by atoms with E-state index in [0.29, 0.717) is 11.5 Å². The summed E-state index contributed by atoms with van der Waals surface area (Å²) in [6.07, 6.45) is 0. The molecule has 0 fully saturated rings. The van der Waals surface area contributed by atoms with Gasteiger partial charge in [-0.2, -0.15) is 0 Å². The molecule has 150 valence electrons. The zero-order valence-electron chi connectivity index (χ0n) is 17.1. The largest absolute Gasteiger partial charge is 0.497 e. The molecule has 0 spiro atoms. The average Bonchev–Trinajstić information content (AvgIpc) is 3.20. The normalized spacial score (nSPS) is 10.6. The van der Waals surface area contributed by atoms with Crippen molar-refractivity contribution in [3.05, 3.63) is 89.7 Å². The Morgan fingerprint density at radius 2 is 1.67 bits per heavy atom. The molecule has 6 nitrogen and oxygen atoms in total. The van der Waals surface area contributed by atoms with Gasteiger partial charge >= 0.3 is 0 Å². The molecule has 1 N–H and O–H groups in total. The summed E-state index contributed by atoms with van der Waals surface area (Å²) >= 11 is 0. The van der Waals surface area contributed by atoms with Crippen molar-refractivity contribution in [1.29, 1.82) is 0 Å². The molecule has 0 saturated heterocycles. The number of hydrogen-bond donors (Lipinski definition) is 1. The number of benzene rings is 3. The lowest BCUT2D eigenvalue weighted by molar-refractivity contribution is 0.101. The van der Waals surface area contributed by atoms with Gasteiger partial charge in [-0.3, -0.25) is 4.79 Å². The summed E-state index contributed by atoms with van der Waals surface area (Å²) in [7, 11) is 1.60. The van der Waals surface area contributed by atoms with E-state index in [9.17, 15) is 4.79 Å². The van der Waals surface area contributed by atoms with Gasteiger partial charge in [0.2, 0.25) is 5.82 Å². The maximum Gasteiger partial charge on any atom is 0.295 e. The summed E-state index contributed by atoms with van der Waals surface area (Å²) in [5.41, 5.74) is 4.63. The fourth-order valence-corrected chi connectivity index (χ4v) is 3.11. The number of carbonyl (C=O) groups is 1. The lowest BCUT2D eigenvalue weighted by Gasteiger charge is -2.07. The number of amides is 1. The van der Waals surface area contributed by atoms with Crippen LogP contribution in [-0.2, 0) is 0 Å². The molecule has 6 heteroatoms. The number of rotatable bonds is 5. The second-order valence-corrected chi connectivity index (χ2v) is 7.06. The number of nitrogens with one attached hydrogen (secondary N) is 1. The van der Waals surface area contributed by atoms with E-state index < -0.39 is 0 Å². The number of ether oxygens (including phenoxy) is 1. The van der Waals surface area contributed by atoms with Crippen molar-refractivity contribution in [3.8, 4) is 22.8 Å². The van der Waals surface area contributed by atoms with E-state index in [4.69, 9.17) is 4.74 Å². The Hall–Kier alpha value is -3.93. The molecule has 0 unspecified atom stereocenters. The molecule has 30 heavy (non-hydrogen) atoms. The molecule has 1 aromatic heterocycles. The Morgan fingerprint density at radius 1 is 0.933 bits per heavy atom. The Morgan fingerprint density at radius 3 is 2.33 bits per heavy atom. The molecule has 0 aliphatic carbocycles. The molecule has 4 rings (SSSR count). The fraction of sp³-hybridized carbons (Fsp3) is 0.125. The highest BCUT2D eigenvalue weighted by Gasteiger charge is 2.19. The third kappa shape index (κ3) is 4.07. The van der Waals surface area contributed by atoms with E-state index in [1.165, 1.54) is 0 Å². The van der Waals surface area contributed by atoms with E-state index in [0.717, 1.165) is 28.1 Å². The quantitative estimate of drug-likeness (QED) is 0.524. The first-order chi connectivity index (χ1) is 14.5. The summed E-state index contributed by atoms with van der Waals surface area (Å²) in [5, 5.41) is 7.36. The molecule has 1 heterocycles. The minimum Gasteiger partial charge on any atom is -0.497 e. The molecule has 1 amide bonds. The number of methoxy groups -OCH3 is 1. The van der Waals surface area contributed by atoms with Gasteiger partial charge in [0.1, 0.15) is 5.75 Å². The van der Waals surface area contributed by atoms with E-state index in [2.05, 4.69) is 15.4 Å². The second-order valence-electron chi connectivity index (χ2n) is 7.06. The van der Waals surface area contributed by atoms with Crippen molar-refractivity contribution in [2.24, 2.45) is 0 Å². The highest BCUT2D eigenvalue weighted by Crippen LogP contribution is 2.23. The maximum absolute atomic E-state index is 12.8. The van der Waals surface area contributed by atoms with Crippen LogP contribution < -0.4 is 10.1 Å². The molecular formula is C24H22N4O2. The van der Waals surface area contributed by atoms with Gasteiger partial charge in [-0.15, -0.1) is 5.10 Å². The van der Waals surface area contributed by atoms with Crippen molar-refractivity contribution in [1.82, 2.24) is 14.8 Å². The Labute approximate surface area is 175 Å². The number of aryl methyl sites for hydroxylation is 2. The molecule has 4 aromatic rings. The van der Waals surface area contributed by atoms with Gasteiger partial charge in [0.25, 0.3) is 5.91 Å². The first kappa shape index (κ1) is 19.4. The summed E-state index contributed by atoms with van der Waals surface area (Å²) in [6, 6.07) is 23.0. The van der Waals surface area contributed by atoms with Crippen LogP contribution in [0.3, 0.4) is 0 Å². The SMILES string of the molecule is COc1ccc(NC(=O)c2nc(-c3cccc(C)c3)n(-c3ccc(C)cc3)n2)cc1. The van der Waals surface area contributed by atoms with Crippen LogP contribution in [-0.4, -0.2) is 27.8 Å². The van der Waals surface area contributed by atoms with Gasteiger partial charge in [-0.25, -0.2) is 9.67 Å². The predicted octanol–water partition coefficient (Wildman–Crippen LogP) is 4.81. The summed E-state index contributed by atoms with van der Waals surface area (Å²) in [4.78, 5) is 17.4. The lowest BCUT2D eigenvalue weighted by atomic mass is 10.1. The zero-order chi connectivity index (χ0) is 21.1. The summed E-state index contributed by atoms with van der Waals surface area (Å²) in [6.45, 7) is 4.05. The number of aromatic nitrogens is 3. The monoisotopic (exact) mass is 398 g/mol. The molecule has 0 saturated carbocycles. The molecule has 0 bridgehead atoms. The lowest BCUT2D eigenvalue weighted by Crippen LogP contribution is -2.14. The van der Waals surface area contributed by atoms with Crippen molar-refractivity contribution >= 4 is 11.6 Å². The first-order valence-electron chi connectivity index (χ1n) is 9.60. The van der Waals surface area contributed by atoms with E-state index >= 15 is 0 Å².